The molecule has 0 radical (unpaired) electrons. The van der Waals surface area contributed by atoms with Crippen LogP contribution in [-0.4, -0.2) is 21.5 Å². The Bertz CT molecular complexity index is 522. The molecule has 0 bridgehead atoms. The van der Waals surface area contributed by atoms with E-state index in [1.165, 1.54) is 18.2 Å². The molecule has 3 N–H and O–H groups in total. The molecule has 7 heteroatoms. The summed E-state index contributed by atoms with van der Waals surface area (Å²) in [5.41, 5.74) is 5.50. The normalized spacial score (nSPS) is 11.1. The van der Waals surface area contributed by atoms with Crippen LogP contribution in [0.3, 0.4) is 0 Å². The van der Waals surface area contributed by atoms with Crippen molar-refractivity contribution in [3.05, 3.63) is 28.8 Å². The monoisotopic (exact) mass is 259 g/mol. The summed E-state index contributed by atoms with van der Waals surface area (Å²) in [7, 11) is -3.65. The van der Waals surface area contributed by atoms with Gasteiger partial charge in [-0.25, -0.2) is 13.1 Å². The second-order valence-electron chi connectivity index (χ2n) is 2.94. The summed E-state index contributed by atoms with van der Waals surface area (Å²) in [6.45, 7) is 0.339. The van der Waals surface area contributed by atoms with Crippen LogP contribution in [0.4, 0.5) is 0 Å². The van der Waals surface area contributed by atoms with Gasteiger partial charge in [0.1, 0.15) is 4.90 Å². The lowest BCUT2D eigenvalue weighted by Crippen LogP contribution is -2.29. The van der Waals surface area contributed by atoms with Gasteiger partial charge in [-0.1, -0.05) is 11.6 Å². The van der Waals surface area contributed by atoms with Gasteiger partial charge < -0.3 is 5.73 Å². The van der Waals surface area contributed by atoms with Crippen LogP contribution in [-0.2, 0) is 10.0 Å². The fraction of sp³-hybridized carbons (Fsp3) is 0.222. The predicted molar refractivity (Wildman–Crippen MR) is 60.4 cm³/mol. The average molecular weight is 260 g/mol. The molecule has 0 atom stereocenters. The third-order valence-corrected chi connectivity index (χ3v) is 3.73. The van der Waals surface area contributed by atoms with E-state index in [-0.39, 0.29) is 23.0 Å². The summed E-state index contributed by atoms with van der Waals surface area (Å²) < 4.78 is 25.6. The topological polar surface area (TPSA) is 96.0 Å². The molecule has 1 aromatic carbocycles. The Hall–Kier alpha value is -1.13. The maximum absolute atomic E-state index is 11.7. The zero-order valence-corrected chi connectivity index (χ0v) is 9.85. The third-order valence-electron chi connectivity index (χ3n) is 1.79. The standard InChI is InChI=1S/C9H10ClN3O2S/c10-8-5-7(6-12)1-2-9(8)16(14,15)13-4-3-11/h1-2,5,13H,3-4,11H2. The number of sulfonamides is 1. The van der Waals surface area contributed by atoms with Gasteiger partial charge in [0.25, 0.3) is 0 Å². The van der Waals surface area contributed by atoms with Crippen molar-refractivity contribution < 1.29 is 8.42 Å². The average Bonchev–Trinajstić information content (AvgIpc) is 2.25. The van der Waals surface area contributed by atoms with Crippen LogP contribution >= 0.6 is 11.6 Å². The molecule has 0 saturated carbocycles. The molecule has 0 spiro atoms. The van der Waals surface area contributed by atoms with Crippen molar-refractivity contribution in [2.24, 2.45) is 5.73 Å². The molecule has 16 heavy (non-hydrogen) atoms. The minimum absolute atomic E-state index is 0.0172. The summed E-state index contributed by atoms with van der Waals surface area (Å²) in [5.74, 6) is 0. The highest BCUT2D eigenvalue weighted by atomic mass is 35.5. The Morgan fingerprint density at radius 1 is 1.50 bits per heavy atom. The van der Waals surface area contributed by atoms with Gasteiger partial charge >= 0.3 is 0 Å². The SMILES string of the molecule is N#Cc1ccc(S(=O)(=O)NCCN)c(Cl)c1. The summed E-state index contributed by atoms with van der Waals surface area (Å²) in [6, 6.07) is 5.86. The van der Waals surface area contributed by atoms with Crippen LogP contribution in [0.2, 0.25) is 5.02 Å². The zero-order chi connectivity index (χ0) is 12.2. The first-order valence-electron chi connectivity index (χ1n) is 4.40. The lowest BCUT2D eigenvalue weighted by molar-refractivity contribution is 0.582. The van der Waals surface area contributed by atoms with Crippen molar-refractivity contribution in [2.45, 2.75) is 4.90 Å². The first-order chi connectivity index (χ1) is 7.51. The molecule has 0 amide bonds. The lowest BCUT2D eigenvalue weighted by Gasteiger charge is -2.07. The molecule has 5 nitrogen and oxygen atoms in total. The Morgan fingerprint density at radius 3 is 2.69 bits per heavy atom. The number of rotatable bonds is 4. The molecule has 1 rings (SSSR count). The molecular weight excluding hydrogens is 250 g/mol. The Morgan fingerprint density at radius 2 is 2.19 bits per heavy atom. The lowest BCUT2D eigenvalue weighted by atomic mass is 10.2. The number of nitrogens with one attached hydrogen (secondary N) is 1. The highest BCUT2D eigenvalue weighted by Gasteiger charge is 2.17. The van der Waals surface area contributed by atoms with E-state index in [1.54, 1.807) is 0 Å². The van der Waals surface area contributed by atoms with Crippen LogP contribution in [0.1, 0.15) is 5.56 Å². The molecule has 0 fully saturated rings. The Kier molecular flexibility index (Phi) is 4.26. The van der Waals surface area contributed by atoms with Crippen LogP contribution in [0.25, 0.3) is 0 Å². The summed E-state index contributed by atoms with van der Waals surface area (Å²) in [4.78, 5) is -0.0541. The van der Waals surface area contributed by atoms with Crippen molar-refractivity contribution in [3.8, 4) is 6.07 Å². The number of benzene rings is 1. The maximum atomic E-state index is 11.7. The van der Waals surface area contributed by atoms with Gasteiger partial charge in [-0.15, -0.1) is 0 Å². The van der Waals surface area contributed by atoms with Gasteiger partial charge in [0, 0.05) is 13.1 Å². The number of halogens is 1. The van der Waals surface area contributed by atoms with Crippen molar-refractivity contribution >= 4 is 21.6 Å². The summed E-state index contributed by atoms with van der Waals surface area (Å²) in [6.07, 6.45) is 0. The fourth-order valence-corrected chi connectivity index (χ4v) is 2.65. The van der Waals surface area contributed by atoms with E-state index in [0.29, 0.717) is 5.56 Å². The summed E-state index contributed by atoms with van der Waals surface area (Å²) >= 11 is 5.77. The molecule has 0 saturated heterocycles. The van der Waals surface area contributed by atoms with E-state index in [9.17, 15) is 8.42 Å². The van der Waals surface area contributed by atoms with E-state index in [0.717, 1.165) is 0 Å². The van der Waals surface area contributed by atoms with Gasteiger partial charge in [-0.3, -0.25) is 0 Å². The smallest absolute Gasteiger partial charge is 0.242 e. The van der Waals surface area contributed by atoms with Crippen LogP contribution in [0.5, 0.6) is 0 Å². The number of hydrogen-bond acceptors (Lipinski definition) is 4. The highest BCUT2D eigenvalue weighted by Crippen LogP contribution is 2.22. The second-order valence-corrected chi connectivity index (χ2v) is 5.09. The number of hydrogen-bond donors (Lipinski definition) is 2. The minimum Gasteiger partial charge on any atom is -0.329 e. The van der Waals surface area contributed by atoms with E-state index >= 15 is 0 Å². The first-order valence-corrected chi connectivity index (χ1v) is 6.27. The molecule has 0 aromatic heterocycles. The van der Waals surface area contributed by atoms with Crippen molar-refractivity contribution in [1.29, 1.82) is 5.26 Å². The van der Waals surface area contributed by atoms with E-state index < -0.39 is 10.0 Å². The predicted octanol–water partition coefficient (Wildman–Crippen LogP) is 0.449. The number of nitriles is 1. The minimum atomic E-state index is -3.65. The highest BCUT2D eigenvalue weighted by molar-refractivity contribution is 7.89. The van der Waals surface area contributed by atoms with Crippen molar-refractivity contribution in [1.82, 2.24) is 4.72 Å². The number of nitrogens with zero attached hydrogens (tertiary/aromatic N) is 1. The molecule has 0 aliphatic heterocycles. The van der Waals surface area contributed by atoms with Gasteiger partial charge in [-0.05, 0) is 18.2 Å². The second kappa shape index (κ2) is 5.27. The van der Waals surface area contributed by atoms with Crippen LogP contribution in [0.15, 0.2) is 23.1 Å². The molecule has 0 aliphatic rings. The maximum Gasteiger partial charge on any atom is 0.242 e. The van der Waals surface area contributed by atoms with Crippen molar-refractivity contribution in [2.75, 3.05) is 13.1 Å². The summed E-state index contributed by atoms with van der Waals surface area (Å²) in [5, 5.41) is 8.62. The van der Waals surface area contributed by atoms with Gasteiger partial charge in [0.15, 0.2) is 0 Å². The molecule has 0 aliphatic carbocycles. The largest absolute Gasteiger partial charge is 0.329 e. The number of nitrogens with two attached hydrogens (primary N) is 1. The molecular formula is C9H10ClN3O2S. The van der Waals surface area contributed by atoms with Gasteiger partial charge in [0.05, 0.1) is 16.7 Å². The van der Waals surface area contributed by atoms with Gasteiger partial charge in [0.2, 0.25) is 10.0 Å². The first kappa shape index (κ1) is 12.9. The molecule has 86 valence electrons. The fourth-order valence-electron chi connectivity index (χ4n) is 1.06. The van der Waals surface area contributed by atoms with Gasteiger partial charge in [-0.2, -0.15) is 5.26 Å². The Balaban J connectivity index is 3.10. The van der Waals surface area contributed by atoms with Crippen LogP contribution in [0, 0.1) is 11.3 Å². The van der Waals surface area contributed by atoms with Crippen LogP contribution < -0.4 is 10.5 Å². The Labute approximate surface area is 98.9 Å². The molecule has 0 unspecified atom stereocenters. The van der Waals surface area contributed by atoms with E-state index in [4.69, 9.17) is 22.6 Å². The zero-order valence-electron chi connectivity index (χ0n) is 8.27. The van der Waals surface area contributed by atoms with Crippen molar-refractivity contribution in [3.63, 3.8) is 0 Å². The third kappa shape index (κ3) is 2.93. The molecule has 0 heterocycles. The van der Waals surface area contributed by atoms with E-state index in [1.807, 2.05) is 6.07 Å². The van der Waals surface area contributed by atoms with E-state index in [2.05, 4.69) is 4.72 Å². The molecule has 1 aromatic rings. The quantitative estimate of drug-likeness (QED) is 0.820.